The molecule has 0 saturated heterocycles. The summed E-state index contributed by atoms with van der Waals surface area (Å²) in [7, 11) is 0. The molecule has 106 valence electrons. The molecule has 0 bridgehead atoms. The van der Waals surface area contributed by atoms with E-state index in [1.807, 2.05) is 0 Å². The molecule has 5 N–H and O–H groups in total. The highest BCUT2D eigenvalue weighted by molar-refractivity contribution is 5.88. The molecule has 0 saturated carbocycles. The first-order chi connectivity index (χ1) is 8.63. The summed E-state index contributed by atoms with van der Waals surface area (Å²) in [5.41, 5.74) is 10.6. The van der Waals surface area contributed by atoms with Crippen molar-refractivity contribution >= 4 is 17.3 Å². The van der Waals surface area contributed by atoms with Gasteiger partial charge in [-0.25, -0.2) is 4.39 Å². The first kappa shape index (κ1) is 15.1. The van der Waals surface area contributed by atoms with E-state index in [9.17, 15) is 9.18 Å². The summed E-state index contributed by atoms with van der Waals surface area (Å²) in [6.07, 6.45) is -0.171. The second kappa shape index (κ2) is 5.34. The van der Waals surface area contributed by atoms with Gasteiger partial charge in [-0.2, -0.15) is 0 Å². The molecule has 0 heterocycles. The third-order valence-electron chi connectivity index (χ3n) is 2.53. The highest BCUT2D eigenvalue weighted by Crippen LogP contribution is 2.30. The number of benzene rings is 1. The quantitative estimate of drug-likeness (QED) is 0.712. The number of nitrogens with one attached hydrogen (secondary N) is 1. The van der Waals surface area contributed by atoms with E-state index in [0.717, 1.165) is 6.07 Å². The Hall–Kier alpha value is -1.98. The van der Waals surface area contributed by atoms with Gasteiger partial charge in [-0.15, -0.1) is 0 Å². The third-order valence-corrected chi connectivity index (χ3v) is 2.53. The Balaban J connectivity index is 3.11. The van der Waals surface area contributed by atoms with Crippen LogP contribution in [0.4, 0.5) is 15.8 Å². The lowest BCUT2D eigenvalue weighted by Gasteiger charge is -2.25. The van der Waals surface area contributed by atoms with Crippen LogP contribution in [-0.4, -0.2) is 17.6 Å². The molecule has 1 rings (SSSR count). The molecule has 1 aromatic rings. The van der Waals surface area contributed by atoms with Gasteiger partial charge in [-0.1, -0.05) is 0 Å². The summed E-state index contributed by atoms with van der Waals surface area (Å²) in [6, 6.07) is 2.58. The lowest BCUT2D eigenvalue weighted by Crippen LogP contribution is -2.45. The van der Waals surface area contributed by atoms with Crippen molar-refractivity contribution in [1.29, 1.82) is 0 Å². The van der Waals surface area contributed by atoms with Crippen molar-refractivity contribution < 1.29 is 13.9 Å². The number of rotatable bonds is 5. The number of nitrogens with two attached hydrogens (primary N) is 2. The number of ether oxygens (including phenoxy) is 1. The molecule has 0 aliphatic heterocycles. The molecule has 1 amide bonds. The number of halogens is 1. The second-order valence-electron chi connectivity index (χ2n) is 5.15. The number of amides is 1. The SMILES string of the molecule is CC(C)Oc1cc(NC(C)(C)C(N)=O)c(N)cc1F. The van der Waals surface area contributed by atoms with Crippen molar-refractivity contribution in [2.24, 2.45) is 5.73 Å². The molecular weight excluding hydrogens is 249 g/mol. The van der Waals surface area contributed by atoms with Crippen LogP contribution < -0.4 is 21.5 Å². The molecule has 0 aliphatic rings. The largest absolute Gasteiger partial charge is 0.488 e. The maximum atomic E-state index is 13.7. The maximum Gasteiger partial charge on any atom is 0.242 e. The van der Waals surface area contributed by atoms with Gasteiger partial charge in [0, 0.05) is 12.1 Å². The molecule has 0 unspecified atom stereocenters. The summed E-state index contributed by atoms with van der Waals surface area (Å²) in [4.78, 5) is 11.3. The number of carbonyl (C=O) groups excluding carboxylic acids is 1. The summed E-state index contributed by atoms with van der Waals surface area (Å²) in [6.45, 7) is 6.80. The first-order valence-electron chi connectivity index (χ1n) is 5.97. The fourth-order valence-electron chi connectivity index (χ4n) is 1.42. The number of nitrogen functional groups attached to an aromatic ring is 1. The van der Waals surface area contributed by atoms with Crippen LogP contribution in [0.3, 0.4) is 0 Å². The van der Waals surface area contributed by atoms with E-state index in [1.165, 1.54) is 6.07 Å². The number of anilines is 2. The Kier molecular flexibility index (Phi) is 4.24. The van der Waals surface area contributed by atoms with Gasteiger partial charge < -0.3 is 21.5 Å². The van der Waals surface area contributed by atoms with Gasteiger partial charge >= 0.3 is 0 Å². The minimum atomic E-state index is -0.999. The zero-order chi connectivity index (χ0) is 14.8. The molecule has 0 aromatic heterocycles. The van der Waals surface area contributed by atoms with Gasteiger partial charge in [0.1, 0.15) is 5.54 Å². The van der Waals surface area contributed by atoms with Crippen molar-refractivity contribution in [3.05, 3.63) is 17.9 Å². The highest BCUT2D eigenvalue weighted by atomic mass is 19.1. The molecule has 0 radical (unpaired) electrons. The lowest BCUT2D eigenvalue weighted by atomic mass is 10.0. The number of hydrogen-bond donors (Lipinski definition) is 3. The zero-order valence-corrected chi connectivity index (χ0v) is 11.6. The van der Waals surface area contributed by atoms with E-state index in [4.69, 9.17) is 16.2 Å². The summed E-state index contributed by atoms with van der Waals surface area (Å²) in [5.74, 6) is -1.01. The Morgan fingerprint density at radius 1 is 1.42 bits per heavy atom. The van der Waals surface area contributed by atoms with Crippen LogP contribution in [0.25, 0.3) is 0 Å². The minimum absolute atomic E-state index is 0.0759. The first-order valence-corrected chi connectivity index (χ1v) is 5.97. The number of carbonyl (C=O) groups is 1. The zero-order valence-electron chi connectivity index (χ0n) is 11.6. The second-order valence-corrected chi connectivity index (χ2v) is 5.15. The molecule has 0 aliphatic carbocycles. The maximum absolute atomic E-state index is 13.7. The Morgan fingerprint density at radius 3 is 2.47 bits per heavy atom. The van der Waals surface area contributed by atoms with Crippen LogP contribution >= 0.6 is 0 Å². The van der Waals surface area contributed by atoms with Crippen molar-refractivity contribution in [3.8, 4) is 5.75 Å². The monoisotopic (exact) mass is 269 g/mol. The molecule has 6 heteroatoms. The fourth-order valence-corrected chi connectivity index (χ4v) is 1.42. The van der Waals surface area contributed by atoms with Crippen LogP contribution in [0.1, 0.15) is 27.7 Å². The molecule has 0 fully saturated rings. The molecule has 0 atom stereocenters. The Bertz CT molecular complexity index is 487. The van der Waals surface area contributed by atoms with Crippen LogP contribution in [-0.2, 0) is 4.79 Å². The molecule has 5 nitrogen and oxygen atoms in total. The van der Waals surface area contributed by atoms with Gasteiger partial charge in [0.25, 0.3) is 0 Å². The van der Waals surface area contributed by atoms with E-state index in [-0.39, 0.29) is 17.5 Å². The number of primary amides is 1. The minimum Gasteiger partial charge on any atom is -0.488 e. The van der Waals surface area contributed by atoms with Crippen LogP contribution in [0, 0.1) is 5.82 Å². The summed E-state index contributed by atoms with van der Waals surface area (Å²) < 4.78 is 19.0. The highest BCUT2D eigenvalue weighted by Gasteiger charge is 2.25. The van der Waals surface area contributed by atoms with Crippen molar-refractivity contribution in [2.45, 2.75) is 39.3 Å². The normalized spacial score (nSPS) is 11.5. The Labute approximate surface area is 112 Å². The molecular formula is C13H20FN3O2. The van der Waals surface area contributed by atoms with Crippen molar-refractivity contribution in [2.75, 3.05) is 11.1 Å². The van der Waals surface area contributed by atoms with E-state index >= 15 is 0 Å². The molecule has 1 aromatic carbocycles. The topological polar surface area (TPSA) is 90.4 Å². The standard InChI is InChI=1S/C13H20FN3O2/c1-7(2)19-11-6-10(9(15)5-8(11)14)17-13(3,4)12(16)18/h5-7,17H,15H2,1-4H3,(H2,16,18). The van der Waals surface area contributed by atoms with Crippen LogP contribution in [0.2, 0.25) is 0 Å². The lowest BCUT2D eigenvalue weighted by molar-refractivity contribution is -0.121. The predicted molar refractivity (Wildman–Crippen MR) is 73.5 cm³/mol. The van der Waals surface area contributed by atoms with E-state index < -0.39 is 17.3 Å². The van der Waals surface area contributed by atoms with Gasteiger partial charge in [0.15, 0.2) is 11.6 Å². The summed E-state index contributed by atoms with van der Waals surface area (Å²) in [5, 5.41) is 2.88. The average Bonchev–Trinajstić information content (AvgIpc) is 2.23. The summed E-state index contributed by atoms with van der Waals surface area (Å²) >= 11 is 0. The van der Waals surface area contributed by atoms with Gasteiger partial charge in [0.05, 0.1) is 17.5 Å². The van der Waals surface area contributed by atoms with E-state index in [0.29, 0.717) is 5.69 Å². The van der Waals surface area contributed by atoms with Crippen molar-refractivity contribution in [1.82, 2.24) is 0 Å². The van der Waals surface area contributed by atoms with Gasteiger partial charge in [-0.05, 0) is 27.7 Å². The predicted octanol–water partition coefficient (Wildman–Crippen LogP) is 1.87. The molecule has 0 spiro atoms. The Morgan fingerprint density at radius 2 is 2.00 bits per heavy atom. The molecule has 19 heavy (non-hydrogen) atoms. The smallest absolute Gasteiger partial charge is 0.242 e. The van der Waals surface area contributed by atoms with Crippen LogP contribution in [0.15, 0.2) is 12.1 Å². The van der Waals surface area contributed by atoms with Gasteiger partial charge in [0.2, 0.25) is 5.91 Å². The fraction of sp³-hybridized carbons (Fsp3) is 0.462. The van der Waals surface area contributed by atoms with Crippen molar-refractivity contribution in [3.63, 3.8) is 0 Å². The van der Waals surface area contributed by atoms with Gasteiger partial charge in [-0.3, -0.25) is 4.79 Å². The average molecular weight is 269 g/mol. The van der Waals surface area contributed by atoms with E-state index in [1.54, 1.807) is 27.7 Å². The third kappa shape index (κ3) is 3.74. The van der Waals surface area contributed by atoms with Crippen LogP contribution in [0.5, 0.6) is 5.75 Å². The van der Waals surface area contributed by atoms with E-state index in [2.05, 4.69) is 5.32 Å². The number of hydrogen-bond acceptors (Lipinski definition) is 4.